The van der Waals surface area contributed by atoms with Gasteiger partial charge in [-0.1, -0.05) is 28.1 Å². The molecule has 100 valence electrons. The van der Waals surface area contributed by atoms with E-state index in [9.17, 15) is 4.79 Å². The number of aromatic carboxylic acids is 1. The van der Waals surface area contributed by atoms with Gasteiger partial charge in [0, 0.05) is 11.0 Å². The van der Waals surface area contributed by atoms with Crippen LogP contribution in [0.5, 0.6) is 0 Å². The monoisotopic (exact) mass is 330 g/mol. The quantitative estimate of drug-likeness (QED) is 0.799. The first kappa shape index (κ1) is 12.9. The van der Waals surface area contributed by atoms with Crippen molar-refractivity contribution in [3.05, 3.63) is 64.4 Å². The fourth-order valence-corrected chi connectivity index (χ4v) is 2.37. The predicted octanol–water partition coefficient (Wildman–Crippen LogP) is 3.55. The number of hydrogen-bond acceptors (Lipinski definition) is 2. The minimum atomic E-state index is -0.936. The van der Waals surface area contributed by atoms with E-state index in [-0.39, 0.29) is 5.56 Å². The molecule has 0 radical (unpaired) electrons. The fourth-order valence-electron chi connectivity index (χ4n) is 2.11. The fraction of sp³-hybridized carbons (Fsp3) is 0.0667. The molecule has 20 heavy (non-hydrogen) atoms. The Morgan fingerprint density at radius 3 is 2.65 bits per heavy atom. The second-order valence-electron chi connectivity index (χ2n) is 4.51. The lowest BCUT2D eigenvalue weighted by Gasteiger charge is -2.05. The van der Waals surface area contributed by atoms with Crippen LogP contribution >= 0.6 is 15.9 Å². The summed E-state index contributed by atoms with van der Waals surface area (Å²) in [5.41, 5.74) is 3.04. The Bertz CT molecular complexity index is 778. The molecule has 0 bridgehead atoms. The number of halogens is 1. The van der Waals surface area contributed by atoms with Crippen molar-refractivity contribution in [1.82, 2.24) is 9.55 Å². The third kappa shape index (κ3) is 2.44. The SMILES string of the molecule is O=C(O)c1ccc2c(c1)ncn2Cc1ccc(Br)cc1. The standard InChI is InChI=1S/C15H11BrN2O2/c16-12-4-1-10(2-5-12)8-18-9-17-13-7-11(15(19)20)3-6-14(13)18/h1-7,9H,8H2,(H,19,20). The summed E-state index contributed by atoms with van der Waals surface area (Å²) in [6.07, 6.45) is 1.73. The van der Waals surface area contributed by atoms with Gasteiger partial charge in [-0.05, 0) is 35.9 Å². The molecule has 0 unspecified atom stereocenters. The van der Waals surface area contributed by atoms with E-state index in [0.29, 0.717) is 12.1 Å². The van der Waals surface area contributed by atoms with E-state index in [1.807, 2.05) is 28.8 Å². The summed E-state index contributed by atoms with van der Waals surface area (Å²) in [6, 6.07) is 13.1. The van der Waals surface area contributed by atoms with Gasteiger partial charge in [0.15, 0.2) is 0 Å². The summed E-state index contributed by atoms with van der Waals surface area (Å²) in [6.45, 7) is 0.705. The number of benzene rings is 2. The Balaban J connectivity index is 1.96. The van der Waals surface area contributed by atoms with Crippen LogP contribution in [-0.2, 0) is 6.54 Å². The minimum Gasteiger partial charge on any atom is -0.478 e. The van der Waals surface area contributed by atoms with Gasteiger partial charge in [-0.15, -0.1) is 0 Å². The van der Waals surface area contributed by atoms with Crippen LogP contribution < -0.4 is 0 Å². The third-order valence-corrected chi connectivity index (χ3v) is 3.66. The molecule has 0 aliphatic rings. The molecule has 0 saturated heterocycles. The normalized spacial score (nSPS) is 10.8. The van der Waals surface area contributed by atoms with Gasteiger partial charge in [0.2, 0.25) is 0 Å². The van der Waals surface area contributed by atoms with Crippen molar-refractivity contribution in [3.63, 3.8) is 0 Å². The highest BCUT2D eigenvalue weighted by atomic mass is 79.9. The maximum Gasteiger partial charge on any atom is 0.335 e. The summed E-state index contributed by atoms with van der Waals surface area (Å²) in [7, 11) is 0. The summed E-state index contributed by atoms with van der Waals surface area (Å²) >= 11 is 3.41. The first-order valence-electron chi connectivity index (χ1n) is 6.06. The number of hydrogen-bond donors (Lipinski definition) is 1. The lowest BCUT2D eigenvalue weighted by atomic mass is 10.2. The van der Waals surface area contributed by atoms with E-state index in [2.05, 4.69) is 20.9 Å². The van der Waals surface area contributed by atoms with Gasteiger partial charge < -0.3 is 9.67 Å². The predicted molar refractivity (Wildman–Crippen MR) is 79.9 cm³/mol. The first-order chi connectivity index (χ1) is 9.63. The van der Waals surface area contributed by atoms with Gasteiger partial charge >= 0.3 is 5.97 Å². The van der Waals surface area contributed by atoms with Crippen molar-refractivity contribution in [2.24, 2.45) is 0 Å². The topological polar surface area (TPSA) is 55.1 Å². The zero-order valence-electron chi connectivity index (χ0n) is 10.5. The molecular weight excluding hydrogens is 320 g/mol. The number of carbonyl (C=O) groups is 1. The highest BCUT2D eigenvalue weighted by Crippen LogP contribution is 2.17. The smallest absolute Gasteiger partial charge is 0.335 e. The number of aromatic nitrogens is 2. The Labute approximate surface area is 123 Å². The van der Waals surface area contributed by atoms with Gasteiger partial charge in [-0.3, -0.25) is 0 Å². The molecule has 0 amide bonds. The van der Waals surface area contributed by atoms with Crippen molar-refractivity contribution >= 4 is 32.9 Å². The minimum absolute atomic E-state index is 0.256. The molecule has 0 saturated carbocycles. The first-order valence-corrected chi connectivity index (χ1v) is 6.85. The van der Waals surface area contributed by atoms with Crippen LogP contribution in [-0.4, -0.2) is 20.6 Å². The molecule has 2 aromatic carbocycles. The van der Waals surface area contributed by atoms with E-state index in [1.54, 1.807) is 24.5 Å². The molecule has 1 heterocycles. The van der Waals surface area contributed by atoms with Crippen molar-refractivity contribution < 1.29 is 9.90 Å². The summed E-state index contributed by atoms with van der Waals surface area (Å²) in [5.74, 6) is -0.936. The summed E-state index contributed by atoms with van der Waals surface area (Å²) in [4.78, 5) is 15.2. The number of imidazole rings is 1. The average Bonchev–Trinajstić information content (AvgIpc) is 2.84. The second kappa shape index (κ2) is 5.09. The number of carboxylic acid groups (broad SMARTS) is 1. The van der Waals surface area contributed by atoms with Crippen LogP contribution in [0.1, 0.15) is 15.9 Å². The average molecular weight is 331 g/mol. The molecule has 0 aliphatic carbocycles. The van der Waals surface area contributed by atoms with Gasteiger partial charge in [0.1, 0.15) is 0 Å². The largest absolute Gasteiger partial charge is 0.478 e. The molecule has 0 aliphatic heterocycles. The van der Waals surface area contributed by atoms with Crippen molar-refractivity contribution in [1.29, 1.82) is 0 Å². The second-order valence-corrected chi connectivity index (χ2v) is 5.42. The van der Waals surface area contributed by atoms with E-state index in [1.165, 1.54) is 0 Å². The Morgan fingerprint density at radius 2 is 1.95 bits per heavy atom. The van der Waals surface area contributed by atoms with Crippen LogP contribution in [0, 0.1) is 0 Å². The number of nitrogens with zero attached hydrogens (tertiary/aromatic N) is 2. The Kier molecular flexibility index (Phi) is 3.28. The molecule has 4 nitrogen and oxygen atoms in total. The van der Waals surface area contributed by atoms with Crippen LogP contribution in [0.25, 0.3) is 11.0 Å². The van der Waals surface area contributed by atoms with Gasteiger partial charge in [0.25, 0.3) is 0 Å². The van der Waals surface area contributed by atoms with E-state index < -0.39 is 5.97 Å². The number of fused-ring (bicyclic) bond motifs is 1. The molecule has 1 aromatic heterocycles. The Hall–Kier alpha value is -2.14. The lowest BCUT2D eigenvalue weighted by molar-refractivity contribution is 0.0697. The van der Waals surface area contributed by atoms with Gasteiger partial charge in [0.05, 0.1) is 22.9 Å². The molecule has 0 spiro atoms. The third-order valence-electron chi connectivity index (χ3n) is 3.13. The van der Waals surface area contributed by atoms with E-state index in [4.69, 9.17) is 5.11 Å². The lowest BCUT2D eigenvalue weighted by Crippen LogP contribution is -1.99. The maximum atomic E-state index is 10.9. The molecule has 0 atom stereocenters. The van der Waals surface area contributed by atoms with Crippen molar-refractivity contribution in [3.8, 4) is 0 Å². The van der Waals surface area contributed by atoms with Crippen molar-refractivity contribution in [2.75, 3.05) is 0 Å². The number of carboxylic acids is 1. The van der Waals surface area contributed by atoms with Gasteiger partial charge in [-0.2, -0.15) is 0 Å². The summed E-state index contributed by atoms with van der Waals surface area (Å²) < 4.78 is 3.05. The van der Waals surface area contributed by atoms with Gasteiger partial charge in [-0.25, -0.2) is 9.78 Å². The summed E-state index contributed by atoms with van der Waals surface area (Å²) in [5, 5.41) is 8.97. The maximum absolute atomic E-state index is 10.9. The highest BCUT2D eigenvalue weighted by molar-refractivity contribution is 9.10. The van der Waals surface area contributed by atoms with Crippen LogP contribution in [0.3, 0.4) is 0 Å². The molecule has 0 fully saturated rings. The zero-order valence-corrected chi connectivity index (χ0v) is 12.0. The highest BCUT2D eigenvalue weighted by Gasteiger charge is 2.08. The van der Waals surface area contributed by atoms with E-state index >= 15 is 0 Å². The van der Waals surface area contributed by atoms with Crippen LogP contribution in [0.4, 0.5) is 0 Å². The molecule has 3 rings (SSSR count). The zero-order chi connectivity index (χ0) is 14.1. The van der Waals surface area contributed by atoms with Crippen LogP contribution in [0.2, 0.25) is 0 Å². The van der Waals surface area contributed by atoms with Crippen molar-refractivity contribution in [2.45, 2.75) is 6.54 Å². The number of rotatable bonds is 3. The molecule has 5 heteroatoms. The van der Waals surface area contributed by atoms with Crippen LogP contribution in [0.15, 0.2) is 53.3 Å². The van der Waals surface area contributed by atoms with E-state index in [0.717, 1.165) is 15.6 Å². The molecular formula is C15H11BrN2O2. The molecule has 3 aromatic rings. The molecule has 1 N–H and O–H groups in total. The Morgan fingerprint density at radius 1 is 1.20 bits per heavy atom.